The zero-order valence-electron chi connectivity index (χ0n) is 13.1. The van der Waals surface area contributed by atoms with Crippen molar-refractivity contribution in [3.05, 3.63) is 89.0 Å². The molecule has 0 aliphatic rings. The third kappa shape index (κ3) is 4.81. The lowest BCUT2D eigenvalue weighted by Crippen LogP contribution is -2.13. The maximum Gasteiger partial charge on any atom is 0.256 e. The Morgan fingerprint density at radius 3 is 2.52 bits per heavy atom. The van der Waals surface area contributed by atoms with Crippen LogP contribution in [-0.4, -0.2) is 10.9 Å². The molecule has 2 aromatic carbocycles. The highest BCUT2D eigenvalue weighted by Crippen LogP contribution is 2.28. The maximum atomic E-state index is 13.6. The van der Waals surface area contributed by atoms with Crippen molar-refractivity contribution in [1.82, 2.24) is 4.98 Å². The van der Waals surface area contributed by atoms with E-state index in [2.05, 4.69) is 10.3 Å². The minimum atomic E-state index is -0.450. The van der Waals surface area contributed by atoms with Crippen molar-refractivity contribution < 1.29 is 9.18 Å². The number of nitrogens with one attached hydrogen (secondary N) is 1. The van der Waals surface area contributed by atoms with Crippen molar-refractivity contribution >= 4 is 35.0 Å². The number of anilines is 1. The van der Waals surface area contributed by atoms with Crippen molar-refractivity contribution in [3.8, 4) is 0 Å². The Bertz CT molecular complexity index is 872. The van der Waals surface area contributed by atoms with E-state index in [-0.39, 0.29) is 5.91 Å². The van der Waals surface area contributed by atoms with Crippen molar-refractivity contribution in [1.29, 1.82) is 0 Å². The van der Waals surface area contributed by atoms with Crippen LogP contribution in [0.25, 0.3) is 0 Å². The van der Waals surface area contributed by atoms with E-state index >= 15 is 0 Å². The first kappa shape index (κ1) is 17.5. The molecule has 0 spiro atoms. The predicted molar refractivity (Wildman–Crippen MR) is 99.6 cm³/mol. The van der Waals surface area contributed by atoms with Gasteiger partial charge in [0.2, 0.25) is 0 Å². The Labute approximate surface area is 154 Å². The lowest BCUT2D eigenvalue weighted by atomic mass is 10.2. The summed E-state index contributed by atoms with van der Waals surface area (Å²) in [6.07, 6.45) is 3.43. The van der Waals surface area contributed by atoms with Crippen molar-refractivity contribution in [2.45, 2.75) is 10.6 Å². The average molecular weight is 373 g/mol. The van der Waals surface area contributed by atoms with Crippen molar-refractivity contribution in [2.24, 2.45) is 0 Å². The normalized spacial score (nSPS) is 10.5. The number of aromatic nitrogens is 1. The van der Waals surface area contributed by atoms with Gasteiger partial charge in [0.05, 0.1) is 5.56 Å². The van der Waals surface area contributed by atoms with Crippen LogP contribution in [0.4, 0.5) is 10.1 Å². The van der Waals surface area contributed by atoms with Crippen LogP contribution in [0.1, 0.15) is 15.9 Å². The smallest absolute Gasteiger partial charge is 0.256 e. The molecule has 25 heavy (non-hydrogen) atoms. The minimum Gasteiger partial charge on any atom is -0.322 e. The third-order valence-corrected chi connectivity index (χ3v) is 4.83. The molecule has 3 aromatic rings. The van der Waals surface area contributed by atoms with Gasteiger partial charge in [-0.2, -0.15) is 0 Å². The molecule has 0 fully saturated rings. The van der Waals surface area contributed by atoms with E-state index in [1.54, 1.807) is 42.7 Å². The highest BCUT2D eigenvalue weighted by atomic mass is 35.5. The summed E-state index contributed by atoms with van der Waals surface area (Å²) in [5, 5.41) is 3.34. The van der Waals surface area contributed by atoms with E-state index in [9.17, 15) is 9.18 Å². The van der Waals surface area contributed by atoms with Crippen LogP contribution in [0.15, 0.2) is 71.9 Å². The molecule has 3 nitrogen and oxygen atoms in total. The molecule has 1 N–H and O–H groups in total. The molecular weight excluding hydrogens is 359 g/mol. The van der Waals surface area contributed by atoms with Gasteiger partial charge in [-0.15, -0.1) is 11.8 Å². The van der Waals surface area contributed by atoms with Crippen LogP contribution in [0.5, 0.6) is 0 Å². The number of halogens is 2. The van der Waals surface area contributed by atoms with E-state index in [4.69, 9.17) is 11.6 Å². The summed E-state index contributed by atoms with van der Waals surface area (Å²) in [4.78, 5) is 17.2. The SMILES string of the molecule is O=C(Nc1ccc(Cl)cc1)c1cc(F)ccc1SCc1ccncc1. The standard InChI is InChI=1S/C19H14ClFN2OS/c20-14-1-4-16(5-2-14)23-19(24)17-11-15(21)3-6-18(17)25-12-13-7-9-22-10-8-13/h1-11H,12H2,(H,23,24). The fraction of sp³-hybridized carbons (Fsp3) is 0.0526. The summed E-state index contributed by atoms with van der Waals surface area (Å²) in [5.74, 6) is -0.149. The van der Waals surface area contributed by atoms with Crippen LogP contribution in [0.2, 0.25) is 5.02 Å². The first-order valence-electron chi connectivity index (χ1n) is 7.50. The van der Waals surface area contributed by atoms with E-state index in [0.29, 0.717) is 26.9 Å². The zero-order valence-corrected chi connectivity index (χ0v) is 14.7. The molecule has 0 unspecified atom stereocenters. The second kappa shape index (κ2) is 8.14. The molecule has 1 aromatic heterocycles. The molecule has 6 heteroatoms. The predicted octanol–water partition coefficient (Wildman–Crippen LogP) is 5.42. The Hall–Kier alpha value is -2.37. The average Bonchev–Trinajstić information content (AvgIpc) is 2.63. The number of rotatable bonds is 5. The van der Waals surface area contributed by atoms with Gasteiger partial charge in [0.1, 0.15) is 5.82 Å². The number of benzene rings is 2. The van der Waals surface area contributed by atoms with Gasteiger partial charge in [-0.3, -0.25) is 9.78 Å². The topological polar surface area (TPSA) is 42.0 Å². The van der Waals surface area contributed by atoms with Gasteiger partial charge >= 0.3 is 0 Å². The Morgan fingerprint density at radius 1 is 1.08 bits per heavy atom. The molecule has 0 saturated carbocycles. The van der Waals surface area contributed by atoms with Crippen LogP contribution in [-0.2, 0) is 5.75 Å². The molecule has 1 amide bonds. The Morgan fingerprint density at radius 2 is 1.80 bits per heavy atom. The number of hydrogen-bond donors (Lipinski definition) is 1. The number of amides is 1. The van der Waals surface area contributed by atoms with E-state index in [1.807, 2.05) is 12.1 Å². The first-order chi connectivity index (χ1) is 12.1. The molecule has 3 rings (SSSR count). The molecule has 126 valence electrons. The van der Waals surface area contributed by atoms with E-state index in [0.717, 1.165) is 5.56 Å². The quantitative estimate of drug-likeness (QED) is 0.608. The van der Waals surface area contributed by atoms with Gasteiger partial charge in [-0.1, -0.05) is 11.6 Å². The molecular formula is C19H14ClFN2OS. The van der Waals surface area contributed by atoms with Gasteiger partial charge in [0, 0.05) is 33.8 Å². The van der Waals surface area contributed by atoms with E-state index < -0.39 is 5.82 Å². The monoisotopic (exact) mass is 372 g/mol. The number of carbonyl (C=O) groups is 1. The van der Waals surface area contributed by atoms with Gasteiger partial charge in [0.25, 0.3) is 5.91 Å². The largest absolute Gasteiger partial charge is 0.322 e. The highest BCUT2D eigenvalue weighted by molar-refractivity contribution is 7.98. The maximum absolute atomic E-state index is 13.6. The number of nitrogens with zero attached hydrogens (tertiary/aromatic N) is 1. The van der Waals surface area contributed by atoms with Gasteiger partial charge in [0.15, 0.2) is 0 Å². The Kier molecular flexibility index (Phi) is 5.68. The number of carbonyl (C=O) groups excluding carboxylic acids is 1. The molecule has 0 aliphatic heterocycles. The van der Waals surface area contributed by atoms with Crippen LogP contribution < -0.4 is 5.32 Å². The number of pyridine rings is 1. The lowest BCUT2D eigenvalue weighted by Gasteiger charge is -2.10. The van der Waals surface area contributed by atoms with Crippen molar-refractivity contribution in [2.75, 3.05) is 5.32 Å². The number of thioether (sulfide) groups is 1. The van der Waals surface area contributed by atoms with E-state index in [1.165, 1.54) is 23.9 Å². The highest BCUT2D eigenvalue weighted by Gasteiger charge is 2.14. The van der Waals surface area contributed by atoms with Crippen LogP contribution >= 0.6 is 23.4 Å². The lowest BCUT2D eigenvalue weighted by molar-refractivity contribution is 0.102. The zero-order chi connectivity index (χ0) is 17.6. The summed E-state index contributed by atoms with van der Waals surface area (Å²) in [5.41, 5.74) is 1.98. The second-order valence-corrected chi connectivity index (χ2v) is 6.70. The van der Waals surface area contributed by atoms with Gasteiger partial charge < -0.3 is 5.32 Å². The molecule has 1 heterocycles. The summed E-state index contributed by atoms with van der Waals surface area (Å²) in [7, 11) is 0. The molecule has 0 atom stereocenters. The Balaban J connectivity index is 1.78. The first-order valence-corrected chi connectivity index (χ1v) is 8.86. The molecule has 0 bridgehead atoms. The summed E-state index contributed by atoms with van der Waals surface area (Å²) in [6.45, 7) is 0. The van der Waals surface area contributed by atoms with Crippen molar-refractivity contribution in [3.63, 3.8) is 0 Å². The second-order valence-electron chi connectivity index (χ2n) is 5.25. The van der Waals surface area contributed by atoms with Crippen LogP contribution in [0, 0.1) is 5.82 Å². The summed E-state index contributed by atoms with van der Waals surface area (Å²) >= 11 is 7.31. The fourth-order valence-corrected chi connectivity index (χ4v) is 3.29. The van der Waals surface area contributed by atoms with Gasteiger partial charge in [-0.05, 0) is 60.2 Å². The fourth-order valence-electron chi connectivity index (χ4n) is 2.18. The molecule has 0 aliphatic carbocycles. The molecule has 0 radical (unpaired) electrons. The number of hydrogen-bond acceptors (Lipinski definition) is 3. The third-order valence-electron chi connectivity index (χ3n) is 3.43. The minimum absolute atomic E-state index is 0.300. The summed E-state index contributed by atoms with van der Waals surface area (Å²) in [6, 6.07) is 14.8. The van der Waals surface area contributed by atoms with Crippen LogP contribution in [0.3, 0.4) is 0 Å². The van der Waals surface area contributed by atoms with Gasteiger partial charge in [-0.25, -0.2) is 4.39 Å². The summed E-state index contributed by atoms with van der Waals surface area (Å²) < 4.78 is 13.6. The molecule has 0 saturated heterocycles.